The van der Waals surface area contributed by atoms with E-state index >= 15 is 0 Å². The number of aliphatic hydroxyl groups excluding tert-OH is 2. The predicted molar refractivity (Wildman–Crippen MR) is 62.0 cm³/mol. The molecule has 0 spiro atoms. The number of carbonyl (C=O) groups excluding carboxylic acids is 1. The van der Waals surface area contributed by atoms with Crippen LogP contribution >= 0.6 is 0 Å². The first-order valence-corrected chi connectivity index (χ1v) is 5.72. The van der Waals surface area contributed by atoms with Crippen LogP contribution in [0.4, 0.5) is 0 Å². The molecule has 7 nitrogen and oxygen atoms in total. The molecule has 1 aliphatic heterocycles. The van der Waals surface area contributed by atoms with Crippen LogP contribution in [-0.2, 0) is 19.0 Å². The molecule has 0 saturated carbocycles. The summed E-state index contributed by atoms with van der Waals surface area (Å²) in [6.07, 6.45) is -2.65. The van der Waals surface area contributed by atoms with Crippen molar-refractivity contribution in [3.63, 3.8) is 0 Å². The molecule has 0 amide bonds. The average molecular weight is 261 g/mol. The number of ether oxygens (including phenoxy) is 3. The Labute approximate surface area is 105 Å². The van der Waals surface area contributed by atoms with Gasteiger partial charge in [-0.2, -0.15) is 0 Å². The second-order valence-corrected chi connectivity index (χ2v) is 4.10. The third kappa shape index (κ3) is 4.25. The molecule has 0 aromatic rings. The lowest BCUT2D eigenvalue weighted by Gasteiger charge is -2.25. The molecule has 0 fully saturated rings. The summed E-state index contributed by atoms with van der Waals surface area (Å²) >= 11 is 0. The highest BCUT2D eigenvalue weighted by Gasteiger charge is 2.32. The van der Waals surface area contributed by atoms with Crippen molar-refractivity contribution in [1.29, 1.82) is 0 Å². The number of hydrogen-bond acceptors (Lipinski definition) is 7. The van der Waals surface area contributed by atoms with E-state index in [1.165, 1.54) is 6.92 Å². The van der Waals surface area contributed by atoms with Crippen molar-refractivity contribution in [2.45, 2.75) is 45.3 Å². The smallest absolute Gasteiger partial charge is 0.302 e. The van der Waals surface area contributed by atoms with Gasteiger partial charge in [0.1, 0.15) is 24.9 Å². The van der Waals surface area contributed by atoms with Crippen molar-refractivity contribution >= 4 is 11.9 Å². The second-order valence-electron chi connectivity index (χ2n) is 4.10. The monoisotopic (exact) mass is 261 g/mol. The maximum absolute atomic E-state index is 10.7. The molecular formula is C11H19NO6. The van der Waals surface area contributed by atoms with Gasteiger partial charge < -0.3 is 24.4 Å². The van der Waals surface area contributed by atoms with Gasteiger partial charge in [0.2, 0.25) is 6.29 Å². The van der Waals surface area contributed by atoms with Gasteiger partial charge >= 0.3 is 5.97 Å². The molecule has 0 aromatic carbocycles. The number of aliphatic hydroxyl groups is 2. The molecule has 7 heteroatoms. The molecule has 1 unspecified atom stereocenters. The number of aliphatic imine (C=N–C) groups is 1. The molecule has 0 aromatic heterocycles. The molecule has 1 heterocycles. The van der Waals surface area contributed by atoms with E-state index < -0.39 is 31.1 Å². The molecule has 18 heavy (non-hydrogen) atoms. The Hall–Kier alpha value is -1.18. The fourth-order valence-electron chi connectivity index (χ4n) is 1.52. The van der Waals surface area contributed by atoms with E-state index in [1.807, 2.05) is 0 Å². The van der Waals surface area contributed by atoms with Gasteiger partial charge in [-0.3, -0.25) is 4.79 Å². The molecule has 0 saturated heterocycles. The zero-order chi connectivity index (χ0) is 13.7. The first-order valence-electron chi connectivity index (χ1n) is 5.72. The van der Waals surface area contributed by atoms with Crippen molar-refractivity contribution in [2.75, 3.05) is 13.2 Å². The van der Waals surface area contributed by atoms with Crippen molar-refractivity contribution in [2.24, 2.45) is 4.99 Å². The highest BCUT2D eigenvalue weighted by Crippen LogP contribution is 2.17. The van der Waals surface area contributed by atoms with Gasteiger partial charge in [0.15, 0.2) is 5.90 Å². The molecule has 0 bridgehead atoms. The summed E-state index contributed by atoms with van der Waals surface area (Å²) in [6.45, 7) is 4.11. The lowest BCUT2D eigenvalue weighted by atomic mass is 10.2. The average Bonchev–Trinajstić information content (AvgIpc) is 2.61. The summed E-state index contributed by atoms with van der Waals surface area (Å²) in [4.78, 5) is 14.9. The lowest BCUT2D eigenvalue weighted by Crippen LogP contribution is -2.41. The Morgan fingerprint density at radius 2 is 2.28 bits per heavy atom. The quantitative estimate of drug-likeness (QED) is 0.623. The van der Waals surface area contributed by atoms with Gasteiger partial charge in [0, 0.05) is 13.8 Å². The fraction of sp³-hybridized carbons (Fsp3) is 0.818. The summed E-state index contributed by atoms with van der Waals surface area (Å²) in [6, 6.07) is -0.212. The van der Waals surface area contributed by atoms with Gasteiger partial charge in [0.25, 0.3) is 0 Å². The lowest BCUT2D eigenvalue weighted by molar-refractivity contribution is -0.183. The van der Waals surface area contributed by atoms with Gasteiger partial charge in [-0.25, -0.2) is 4.99 Å². The van der Waals surface area contributed by atoms with Crippen LogP contribution in [0.15, 0.2) is 4.99 Å². The summed E-state index contributed by atoms with van der Waals surface area (Å²) in [7, 11) is 0. The SMILES string of the molecule is CC(=O)OCC(O[C@H]1OC(C)=N[C@H]1C)[C@H](O)CO. The van der Waals surface area contributed by atoms with Crippen LogP contribution in [0.5, 0.6) is 0 Å². The molecule has 1 rings (SSSR count). The fourth-order valence-corrected chi connectivity index (χ4v) is 1.52. The van der Waals surface area contributed by atoms with Gasteiger partial charge in [-0.05, 0) is 6.92 Å². The standard InChI is InChI=1S/C11H19NO6/c1-6-11(17-7(2)12-6)18-10(9(15)4-13)5-16-8(3)14/h6,9-11,13,15H,4-5H2,1-3H3/t6-,9+,10?,11+/m0/s1. The minimum atomic E-state index is -1.15. The summed E-state index contributed by atoms with van der Waals surface area (Å²) in [5.74, 6) is 0.0128. The highest BCUT2D eigenvalue weighted by molar-refractivity contribution is 5.74. The Bertz CT molecular complexity index is 319. The largest absolute Gasteiger partial charge is 0.463 e. The van der Waals surface area contributed by atoms with E-state index in [2.05, 4.69) is 4.99 Å². The van der Waals surface area contributed by atoms with Crippen LogP contribution in [0.2, 0.25) is 0 Å². The molecule has 104 valence electrons. The number of esters is 1. The van der Waals surface area contributed by atoms with Crippen molar-refractivity contribution in [1.82, 2.24) is 0 Å². The van der Waals surface area contributed by atoms with Crippen molar-refractivity contribution in [3.05, 3.63) is 0 Å². The minimum absolute atomic E-state index is 0.150. The van der Waals surface area contributed by atoms with E-state index in [0.29, 0.717) is 5.90 Å². The minimum Gasteiger partial charge on any atom is -0.463 e. The molecule has 2 N–H and O–H groups in total. The van der Waals surface area contributed by atoms with E-state index in [4.69, 9.17) is 19.3 Å². The molecular weight excluding hydrogens is 242 g/mol. The number of nitrogens with zero attached hydrogens (tertiary/aromatic N) is 1. The van der Waals surface area contributed by atoms with E-state index in [1.54, 1.807) is 13.8 Å². The first-order chi connectivity index (χ1) is 8.43. The van der Waals surface area contributed by atoms with Gasteiger partial charge in [-0.15, -0.1) is 0 Å². The Morgan fingerprint density at radius 3 is 2.72 bits per heavy atom. The molecule has 4 atom stereocenters. The Morgan fingerprint density at radius 1 is 1.61 bits per heavy atom. The van der Waals surface area contributed by atoms with Crippen molar-refractivity contribution < 1.29 is 29.2 Å². The van der Waals surface area contributed by atoms with Gasteiger partial charge in [-0.1, -0.05) is 0 Å². The zero-order valence-corrected chi connectivity index (χ0v) is 10.7. The molecule has 1 aliphatic rings. The maximum atomic E-state index is 10.7. The van der Waals surface area contributed by atoms with E-state index in [-0.39, 0.29) is 12.6 Å². The van der Waals surface area contributed by atoms with Crippen LogP contribution in [0.25, 0.3) is 0 Å². The third-order valence-electron chi connectivity index (χ3n) is 2.44. The van der Waals surface area contributed by atoms with Crippen LogP contribution in [-0.4, -0.2) is 59.8 Å². The zero-order valence-electron chi connectivity index (χ0n) is 10.7. The Kier molecular flexibility index (Phi) is 5.52. The number of carbonyl (C=O) groups is 1. The Balaban J connectivity index is 2.53. The number of rotatable bonds is 6. The molecule has 0 aliphatic carbocycles. The van der Waals surface area contributed by atoms with Crippen LogP contribution in [0.1, 0.15) is 20.8 Å². The summed E-state index contributed by atoms with van der Waals surface area (Å²) < 4.78 is 15.5. The maximum Gasteiger partial charge on any atom is 0.302 e. The normalized spacial score (nSPS) is 26.2. The summed E-state index contributed by atoms with van der Waals surface area (Å²) in [5.41, 5.74) is 0. The predicted octanol–water partition coefficient (Wildman–Crippen LogP) is -0.549. The highest BCUT2D eigenvalue weighted by atomic mass is 16.7. The topological polar surface area (TPSA) is 97.6 Å². The van der Waals surface area contributed by atoms with Gasteiger partial charge in [0.05, 0.1) is 6.61 Å². The third-order valence-corrected chi connectivity index (χ3v) is 2.44. The molecule has 0 radical (unpaired) electrons. The first kappa shape index (κ1) is 14.9. The van der Waals surface area contributed by atoms with Crippen LogP contribution in [0.3, 0.4) is 0 Å². The van der Waals surface area contributed by atoms with Crippen molar-refractivity contribution in [3.8, 4) is 0 Å². The van der Waals surface area contributed by atoms with Crippen LogP contribution in [0, 0.1) is 0 Å². The van der Waals surface area contributed by atoms with E-state index in [0.717, 1.165) is 0 Å². The van der Waals surface area contributed by atoms with E-state index in [9.17, 15) is 9.90 Å². The summed E-state index contributed by atoms with van der Waals surface area (Å²) in [5, 5.41) is 18.5. The number of hydrogen-bond donors (Lipinski definition) is 2. The second kappa shape index (κ2) is 6.67. The van der Waals surface area contributed by atoms with Crippen LogP contribution < -0.4 is 0 Å².